The summed E-state index contributed by atoms with van der Waals surface area (Å²) in [4.78, 5) is 17.3. The van der Waals surface area contributed by atoms with Gasteiger partial charge in [0.25, 0.3) is 15.9 Å². The van der Waals surface area contributed by atoms with Crippen LogP contribution in [0.5, 0.6) is 11.5 Å². The van der Waals surface area contributed by atoms with E-state index in [1.54, 1.807) is 32.4 Å². The minimum absolute atomic E-state index is 0.0240. The molecule has 8 nitrogen and oxygen atoms in total. The van der Waals surface area contributed by atoms with Gasteiger partial charge in [-0.1, -0.05) is 4.47 Å². The van der Waals surface area contributed by atoms with Gasteiger partial charge in [-0.3, -0.25) is 9.63 Å². The van der Waals surface area contributed by atoms with Crippen LogP contribution in [0.1, 0.15) is 28.9 Å². The van der Waals surface area contributed by atoms with Crippen LogP contribution in [0.4, 0.5) is 0 Å². The lowest BCUT2D eigenvalue weighted by Gasteiger charge is -2.18. The van der Waals surface area contributed by atoms with Gasteiger partial charge in [-0.15, -0.1) is 0 Å². The van der Waals surface area contributed by atoms with Crippen LogP contribution in [0, 0.1) is 0 Å². The number of amides is 1. The molecule has 0 bridgehead atoms. The van der Waals surface area contributed by atoms with E-state index in [9.17, 15) is 13.2 Å². The summed E-state index contributed by atoms with van der Waals surface area (Å²) in [5, 5.41) is 2.87. The predicted octanol–water partition coefficient (Wildman–Crippen LogP) is 2.38. The van der Waals surface area contributed by atoms with Crippen molar-refractivity contribution in [2.45, 2.75) is 17.9 Å². The first-order chi connectivity index (χ1) is 13.2. The van der Waals surface area contributed by atoms with E-state index < -0.39 is 10.0 Å². The van der Waals surface area contributed by atoms with Crippen LogP contribution < -0.4 is 14.8 Å². The third-order valence-electron chi connectivity index (χ3n) is 4.26. The van der Waals surface area contributed by atoms with Crippen LogP contribution in [-0.4, -0.2) is 47.2 Å². The smallest absolute Gasteiger partial charge is 0.264 e. The van der Waals surface area contributed by atoms with E-state index in [2.05, 4.69) is 5.32 Å². The van der Waals surface area contributed by atoms with Crippen molar-refractivity contribution < 1.29 is 27.5 Å². The molecule has 0 saturated heterocycles. The molecule has 28 heavy (non-hydrogen) atoms. The lowest BCUT2D eigenvalue weighted by Crippen LogP contribution is -2.27. The summed E-state index contributed by atoms with van der Waals surface area (Å²) in [7, 11) is 1.90. The Hall–Kier alpha value is -2.62. The molecule has 0 fully saturated rings. The number of nitrogens with one attached hydrogen (secondary N) is 1. The van der Waals surface area contributed by atoms with Gasteiger partial charge in [0.05, 0.1) is 32.3 Å². The second-order valence-corrected chi connectivity index (χ2v) is 7.86. The van der Waals surface area contributed by atoms with Crippen LogP contribution in [0.25, 0.3) is 0 Å². The molecule has 9 heteroatoms. The van der Waals surface area contributed by atoms with Gasteiger partial charge in [0.2, 0.25) is 0 Å². The largest absolute Gasteiger partial charge is 0.497 e. The Labute approximate surface area is 165 Å². The monoisotopic (exact) mass is 408 g/mol. The lowest BCUT2D eigenvalue weighted by atomic mass is 10.1. The highest BCUT2D eigenvalue weighted by molar-refractivity contribution is 7.89. The zero-order valence-electron chi connectivity index (χ0n) is 16.4. The summed E-state index contributed by atoms with van der Waals surface area (Å²) < 4.78 is 35.8. The van der Waals surface area contributed by atoms with E-state index in [4.69, 9.17) is 14.3 Å². The maximum absolute atomic E-state index is 12.6. The summed E-state index contributed by atoms with van der Waals surface area (Å²) >= 11 is 0. The van der Waals surface area contributed by atoms with Crippen molar-refractivity contribution in [1.29, 1.82) is 0 Å². The summed E-state index contributed by atoms with van der Waals surface area (Å²) in [6.07, 6.45) is 0. The molecule has 0 aromatic heterocycles. The van der Waals surface area contributed by atoms with E-state index in [1.165, 1.54) is 38.4 Å². The van der Waals surface area contributed by atoms with Crippen LogP contribution in [0.15, 0.2) is 47.4 Å². The molecule has 0 radical (unpaired) electrons. The van der Waals surface area contributed by atoms with Gasteiger partial charge in [0.15, 0.2) is 0 Å². The molecular formula is C19H24N2O6S. The SMILES string of the molecule is COc1ccc(OC)c([C@H](C)NC(=O)c2ccc(S(=O)(=O)N(C)OC)cc2)c1. The Balaban J connectivity index is 2.19. The highest BCUT2D eigenvalue weighted by atomic mass is 32.2. The highest BCUT2D eigenvalue weighted by Gasteiger charge is 2.21. The number of hydrogen-bond donors (Lipinski definition) is 1. The van der Waals surface area contributed by atoms with Crippen LogP contribution >= 0.6 is 0 Å². The van der Waals surface area contributed by atoms with Gasteiger partial charge < -0.3 is 14.8 Å². The molecule has 152 valence electrons. The molecule has 0 spiro atoms. The Morgan fingerprint density at radius 2 is 1.68 bits per heavy atom. The average Bonchev–Trinajstić information content (AvgIpc) is 2.72. The zero-order valence-corrected chi connectivity index (χ0v) is 17.2. The number of carbonyl (C=O) groups is 1. The Bertz CT molecular complexity index is 928. The molecule has 0 unspecified atom stereocenters. The quantitative estimate of drug-likeness (QED) is 0.674. The summed E-state index contributed by atoms with van der Waals surface area (Å²) in [5.74, 6) is 0.924. The van der Waals surface area contributed by atoms with Crippen molar-refractivity contribution >= 4 is 15.9 Å². The van der Waals surface area contributed by atoms with E-state index in [-0.39, 0.29) is 16.8 Å². The predicted molar refractivity (Wildman–Crippen MR) is 104 cm³/mol. The number of nitrogens with zero attached hydrogens (tertiary/aromatic N) is 1. The summed E-state index contributed by atoms with van der Waals surface area (Å²) in [5.41, 5.74) is 1.09. The number of ether oxygens (including phenoxy) is 2. The van der Waals surface area contributed by atoms with Gasteiger partial charge >= 0.3 is 0 Å². The van der Waals surface area contributed by atoms with Gasteiger partial charge in [0.1, 0.15) is 11.5 Å². The second kappa shape index (κ2) is 9.05. The Morgan fingerprint density at radius 3 is 2.21 bits per heavy atom. The maximum atomic E-state index is 12.6. The van der Waals surface area contributed by atoms with Crippen molar-refractivity contribution in [3.63, 3.8) is 0 Å². The third-order valence-corrected chi connectivity index (χ3v) is 5.95. The topological polar surface area (TPSA) is 94.2 Å². The van der Waals surface area contributed by atoms with Gasteiger partial charge in [-0.2, -0.15) is 0 Å². The molecule has 2 rings (SSSR count). The van der Waals surface area contributed by atoms with E-state index in [1.807, 2.05) is 6.92 Å². The van der Waals surface area contributed by atoms with Crippen LogP contribution in [0.3, 0.4) is 0 Å². The van der Waals surface area contributed by atoms with E-state index in [0.717, 1.165) is 10.0 Å². The molecule has 1 N–H and O–H groups in total. The molecule has 0 aliphatic rings. The number of hydroxylamine groups is 1. The fourth-order valence-electron chi connectivity index (χ4n) is 2.56. The maximum Gasteiger partial charge on any atom is 0.264 e. The molecule has 0 aliphatic carbocycles. The first kappa shape index (κ1) is 21.7. The zero-order chi connectivity index (χ0) is 20.9. The fraction of sp³-hybridized carbons (Fsp3) is 0.316. The molecular weight excluding hydrogens is 384 g/mol. The Kier molecular flexibility index (Phi) is 7.00. The molecule has 0 saturated carbocycles. The summed E-state index contributed by atoms with van der Waals surface area (Å²) in [6, 6.07) is 10.6. The van der Waals surface area contributed by atoms with Gasteiger partial charge in [-0.25, -0.2) is 8.42 Å². The number of benzene rings is 2. The number of hydrogen-bond acceptors (Lipinski definition) is 6. The fourth-order valence-corrected chi connectivity index (χ4v) is 3.53. The first-order valence-electron chi connectivity index (χ1n) is 8.40. The second-order valence-electron chi connectivity index (χ2n) is 5.92. The molecule has 1 amide bonds. The first-order valence-corrected chi connectivity index (χ1v) is 9.84. The van der Waals surface area contributed by atoms with E-state index >= 15 is 0 Å². The van der Waals surface area contributed by atoms with Crippen molar-refractivity contribution in [2.24, 2.45) is 0 Å². The highest BCUT2D eigenvalue weighted by Crippen LogP contribution is 2.29. The van der Waals surface area contributed by atoms with Crippen molar-refractivity contribution in [1.82, 2.24) is 9.79 Å². The number of methoxy groups -OCH3 is 2. The normalized spacial score (nSPS) is 12.5. The van der Waals surface area contributed by atoms with Crippen LogP contribution in [-0.2, 0) is 14.9 Å². The lowest BCUT2D eigenvalue weighted by molar-refractivity contribution is -0.0258. The number of rotatable bonds is 8. The van der Waals surface area contributed by atoms with Crippen LogP contribution in [0.2, 0.25) is 0 Å². The van der Waals surface area contributed by atoms with E-state index in [0.29, 0.717) is 17.1 Å². The minimum Gasteiger partial charge on any atom is -0.497 e. The Morgan fingerprint density at radius 1 is 1.04 bits per heavy atom. The standard InChI is InChI=1S/C19H24N2O6S/c1-13(17-12-15(25-3)8-11-18(17)26-4)20-19(22)14-6-9-16(10-7-14)28(23,24)21(2)27-5/h6-13H,1-5H3,(H,20,22)/t13-/m0/s1. The van der Waals surface area contributed by atoms with Crippen molar-refractivity contribution in [3.05, 3.63) is 53.6 Å². The number of sulfonamides is 1. The molecule has 2 aromatic rings. The molecule has 0 aliphatic heterocycles. The molecule has 1 atom stereocenters. The minimum atomic E-state index is -3.77. The third kappa shape index (κ3) is 4.61. The van der Waals surface area contributed by atoms with Gasteiger partial charge in [-0.05, 0) is 49.4 Å². The molecule has 2 aromatic carbocycles. The van der Waals surface area contributed by atoms with Crippen molar-refractivity contribution in [2.75, 3.05) is 28.4 Å². The molecule has 0 heterocycles. The van der Waals surface area contributed by atoms with Crippen molar-refractivity contribution in [3.8, 4) is 11.5 Å². The number of carbonyl (C=O) groups excluding carboxylic acids is 1. The van der Waals surface area contributed by atoms with Gasteiger partial charge in [0, 0.05) is 18.2 Å². The average molecular weight is 408 g/mol. The summed E-state index contributed by atoms with van der Waals surface area (Å²) in [6.45, 7) is 1.82.